The van der Waals surface area contributed by atoms with Crippen LogP contribution in [0.4, 0.5) is 0 Å². The van der Waals surface area contributed by atoms with Gasteiger partial charge in [0.05, 0.1) is 0 Å². The quantitative estimate of drug-likeness (QED) is 0.317. The molecule has 0 aliphatic rings. The SMILES string of the molecule is O=CC(CCCI)N=O. The van der Waals surface area contributed by atoms with Gasteiger partial charge in [0, 0.05) is 0 Å². The van der Waals surface area contributed by atoms with Crippen LogP contribution in [0.5, 0.6) is 0 Å². The number of carbonyl (C=O) groups excluding carboxylic acids is 1. The van der Waals surface area contributed by atoms with Crippen LogP contribution in [-0.4, -0.2) is 16.8 Å². The molecule has 0 aromatic carbocycles. The Kier molecular flexibility index (Phi) is 6.12. The first kappa shape index (κ1) is 9.00. The third-order valence-electron chi connectivity index (χ3n) is 0.926. The van der Waals surface area contributed by atoms with Gasteiger partial charge >= 0.3 is 0 Å². The molecule has 0 fully saturated rings. The average Bonchev–Trinajstić information content (AvgIpc) is 1.91. The highest BCUT2D eigenvalue weighted by molar-refractivity contribution is 14.1. The zero-order chi connectivity index (χ0) is 7.11. The van der Waals surface area contributed by atoms with E-state index in [9.17, 15) is 9.70 Å². The smallest absolute Gasteiger partial charge is 0.148 e. The molecule has 0 heterocycles. The minimum atomic E-state index is -0.611. The van der Waals surface area contributed by atoms with Crippen LogP contribution in [0.1, 0.15) is 12.8 Å². The molecule has 0 aliphatic carbocycles. The lowest BCUT2D eigenvalue weighted by atomic mass is 10.2. The standard InChI is InChI=1S/C5H8INO2/c6-3-1-2-5(4-8)7-9/h4-5H,1-3H2. The van der Waals surface area contributed by atoms with Crippen LogP contribution in [0, 0.1) is 4.91 Å². The number of nitrogens with zero attached hydrogens (tertiary/aromatic N) is 1. The van der Waals surface area contributed by atoms with E-state index in [2.05, 4.69) is 27.8 Å². The number of carbonyl (C=O) groups is 1. The molecule has 0 saturated carbocycles. The van der Waals surface area contributed by atoms with Gasteiger partial charge in [-0.25, -0.2) is 0 Å². The van der Waals surface area contributed by atoms with E-state index < -0.39 is 6.04 Å². The topological polar surface area (TPSA) is 46.5 Å². The van der Waals surface area contributed by atoms with Crippen LogP contribution < -0.4 is 0 Å². The molecule has 1 unspecified atom stereocenters. The molecule has 9 heavy (non-hydrogen) atoms. The second kappa shape index (κ2) is 6.12. The van der Waals surface area contributed by atoms with Gasteiger partial charge < -0.3 is 4.79 Å². The molecule has 4 heteroatoms. The lowest BCUT2D eigenvalue weighted by molar-refractivity contribution is -0.108. The minimum Gasteiger partial charge on any atom is -0.301 e. The van der Waals surface area contributed by atoms with Crippen molar-refractivity contribution in [2.75, 3.05) is 4.43 Å². The Morgan fingerprint density at radius 1 is 1.67 bits per heavy atom. The van der Waals surface area contributed by atoms with Gasteiger partial charge in [0.25, 0.3) is 0 Å². The number of aldehydes is 1. The molecule has 0 aromatic heterocycles. The summed E-state index contributed by atoms with van der Waals surface area (Å²) in [4.78, 5) is 19.7. The number of hydrogen-bond donors (Lipinski definition) is 0. The highest BCUT2D eigenvalue weighted by Crippen LogP contribution is 2.00. The molecular weight excluding hydrogens is 233 g/mol. The van der Waals surface area contributed by atoms with Crippen LogP contribution in [0.3, 0.4) is 0 Å². The third-order valence-corrected chi connectivity index (χ3v) is 1.69. The van der Waals surface area contributed by atoms with Gasteiger partial charge in [-0.15, -0.1) is 0 Å². The van der Waals surface area contributed by atoms with E-state index in [4.69, 9.17) is 0 Å². The van der Waals surface area contributed by atoms with Crippen molar-refractivity contribution in [1.82, 2.24) is 0 Å². The van der Waals surface area contributed by atoms with Gasteiger partial charge in [-0.2, -0.15) is 4.91 Å². The number of hydrogen-bond acceptors (Lipinski definition) is 3. The maximum Gasteiger partial charge on any atom is 0.148 e. The fourth-order valence-electron chi connectivity index (χ4n) is 0.432. The van der Waals surface area contributed by atoms with E-state index >= 15 is 0 Å². The molecule has 3 nitrogen and oxygen atoms in total. The summed E-state index contributed by atoms with van der Waals surface area (Å²) >= 11 is 2.19. The Balaban J connectivity index is 3.30. The van der Waals surface area contributed by atoms with Gasteiger partial charge in [0.15, 0.2) is 0 Å². The van der Waals surface area contributed by atoms with Crippen molar-refractivity contribution in [2.24, 2.45) is 5.18 Å². The molecule has 0 bridgehead atoms. The lowest BCUT2D eigenvalue weighted by Gasteiger charge is -1.95. The number of nitroso groups, excluding NO2 is 1. The maximum atomic E-state index is 9.95. The monoisotopic (exact) mass is 241 g/mol. The fourth-order valence-corrected chi connectivity index (χ4v) is 0.872. The Bertz CT molecular complexity index is 89.0. The van der Waals surface area contributed by atoms with Gasteiger partial charge in [-0.1, -0.05) is 27.8 Å². The summed E-state index contributed by atoms with van der Waals surface area (Å²) in [5.41, 5.74) is 0. The Hall–Kier alpha value is -0.0000000000000000555. The predicted octanol–water partition coefficient (Wildman–Crippen LogP) is 1.54. The van der Waals surface area contributed by atoms with Gasteiger partial charge in [0.2, 0.25) is 0 Å². The van der Waals surface area contributed by atoms with Crippen molar-refractivity contribution < 1.29 is 4.79 Å². The summed E-state index contributed by atoms with van der Waals surface area (Å²) < 4.78 is 0.970. The molecule has 1 atom stereocenters. The zero-order valence-electron chi connectivity index (χ0n) is 4.92. The van der Waals surface area contributed by atoms with E-state index in [1.165, 1.54) is 0 Å². The Morgan fingerprint density at radius 2 is 2.33 bits per heavy atom. The predicted molar refractivity (Wildman–Crippen MR) is 43.8 cm³/mol. The van der Waals surface area contributed by atoms with E-state index in [0.29, 0.717) is 12.7 Å². The normalized spacial score (nSPS) is 12.6. The first-order valence-corrected chi connectivity index (χ1v) is 4.21. The van der Waals surface area contributed by atoms with E-state index in [-0.39, 0.29) is 0 Å². The Morgan fingerprint density at radius 3 is 2.67 bits per heavy atom. The first-order chi connectivity index (χ1) is 4.35. The molecule has 0 rings (SSSR count). The molecule has 0 radical (unpaired) electrons. The summed E-state index contributed by atoms with van der Waals surface area (Å²) in [5.74, 6) is 0. The molecule has 0 spiro atoms. The molecule has 0 amide bonds. The van der Waals surface area contributed by atoms with Crippen LogP contribution in [0.25, 0.3) is 0 Å². The van der Waals surface area contributed by atoms with Crippen molar-refractivity contribution in [1.29, 1.82) is 0 Å². The molecule has 0 aromatic rings. The summed E-state index contributed by atoms with van der Waals surface area (Å²) in [5, 5.41) is 2.62. The van der Waals surface area contributed by atoms with Crippen molar-refractivity contribution in [3.8, 4) is 0 Å². The van der Waals surface area contributed by atoms with Gasteiger partial charge in [0.1, 0.15) is 12.3 Å². The summed E-state index contributed by atoms with van der Waals surface area (Å²) in [6.07, 6.45) is 2.07. The summed E-state index contributed by atoms with van der Waals surface area (Å²) in [7, 11) is 0. The zero-order valence-corrected chi connectivity index (χ0v) is 7.08. The van der Waals surface area contributed by atoms with Crippen molar-refractivity contribution in [2.45, 2.75) is 18.9 Å². The highest BCUT2D eigenvalue weighted by Gasteiger charge is 2.03. The number of alkyl halides is 1. The second-order valence-corrected chi connectivity index (χ2v) is 2.72. The summed E-state index contributed by atoms with van der Waals surface area (Å²) in [6.45, 7) is 0. The largest absolute Gasteiger partial charge is 0.301 e. The Labute approximate surface area is 67.3 Å². The van der Waals surface area contributed by atoms with E-state index in [0.717, 1.165) is 10.8 Å². The summed E-state index contributed by atoms with van der Waals surface area (Å²) in [6, 6.07) is -0.611. The van der Waals surface area contributed by atoms with Gasteiger partial charge in [-0.3, -0.25) is 0 Å². The minimum absolute atomic E-state index is 0.593. The molecule has 52 valence electrons. The van der Waals surface area contributed by atoms with Crippen LogP contribution in [0.2, 0.25) is 0 Å². The number of halogens is 1. The van der Waals surface area contributed by atoms with Crippen LogP contribution in [0.15, 0.2) is 5.18 Å². The second-order valence-electron chi connectivity index (χ2n) is 1.64. The van der Waals surface area contributed by atoms with Crippen molar-refractivity contribution >= 4 is 28.9 Å². The van der Waals surface area contributed by atoms with Crippen molar-refractivity contribution in [3.63, 3.8) is 0 Å². The first-order valence-electron chi connectivity index (χ1n) is 2.69. The molecule has 0 aliphatic heterocycles. The van der Waals surface area contributed by atoms with Gasteiger partial charge in [-0.05, 0) is 17.3 Å². The molecule has 0 N–H and O–H groups in total. The third kappa shape index (κ3) is 4.50. The number of rotatable bonds is 5. The van der Waals surface area contributed by atoms with E-state index in [1.54, 1.807) is 0 Å². The fraction of sp³-hybridized carbons (Fsp3) is 0.800. The molecular formula is C5H8INO2. The molecule has 0 saturated heterocycles. The van der Waals surface area contributed by atoms with Crippen LogP contribution in [-0.2, 0) is 4.79 Å². The van der Waals surface area contributed by atoms with Crippen LogP contribution >= 0.6 is 22.6 Å². The maximum absolute atomic E-state index is 9.95. The average molecular weight is 241 g/mol. The van der Waals surface area contributed by atoms with E-state index in [1.807, 2.05) is 0 Å². The highest BCUT2D eigenvalue weighted by atomic mass is 127. The van der Waals surface area contributed by atoms with Crippen molar-refractivity contribution in [3.05, 3.63) is 4.91 Å². The lowest BCUT2D eigenvalue weighted by Crippen LogP contribution is -2.04.